The SMILES string of the molecule is NC(=O)C(CCCCNc1cccc2c1C(=O)N(C1CCC(=O)NC1=O)C2=O)C1CCCCC1. The maximum Gasteiger partial charge on any atom is 0.264 e. The number of amides is 5. The fraction of sp³-hybridized carbons (Fsp3) is 0.560. The molecule has 9 nitrogen and oxygen atoms in total. The molecular formula is C25H32N4O5. The minimum atomic E-state index is -0.983. The van der Waals surface area contributed by atoms with Crippen LogP contribution in [0.2, 0.25) is 0 Å². The van der Waals surface area contributed by atoms with Crippen molar-refractivity contribution in [1.82, 2.24) is 10.2 Å². The first-order valence-corrected chi connectivity index (χ1v) is 12.3. The highest BCUT2D eigenvalue weighted by Gasteiger charge is 2.45. The number of nitrogens with one attached hydrogen (secondary N) is 2. The largest absolute Gasteiger partial charge is 0.384 e. The molecule has 4 rings (SSSR count). The number of primary amides is 1. The normalized spacial score (nSPS) is 21.9. The minimum absolute atomic E-state index is 0.0810. The van der Waals surface area contributed by atoms with Crippen molar-refractivity contribution in [3.05, 3.63) is 29.3 Å². The summed E-state index contributed by atoms with van der Waals surface area (Å²) in [6, 6.07) is 4.04. The lowest BCUT2D eigenvalue weighted by molar-refractivity contribution is -0.136. The van der Waals surface area contributed by atoms with Gasteiger partial charge >= 0.3 is 0 Å². The predicted molar refractivity (Wildman–Crippen MR) is 125 cm³/mol. The van der Waals surface area contributed by atoms with E-state index in [-0.39, 0.29) is 35.8 Å². The zero-order chi connectivity index (χ0) is 24.2. The van der Waals surface area contributed by atoms with E-state index in [2.05, 4.69) is 10.6 Å². The molecule has 34 heavy (non-hydrogen) atoms. The molecule has 2 aliphatic heterocycles. The summed E-state index contributed by atoms with van der Waals surface area (Å²) in [5, 5.41) is 5.45. The van der Waals surface area contributed by atoms with Gasteiger partial charge in [-0.3, -0.25) is 34.2 Å². The van der Waals surface area contributed by atoms with Gasteiger partial charge in [0.25, 0.3) is 11.8 Å². The van der Waals surface area contributed by atoms with Gasteiger partial charge in [-0.25, -0.2) is 0 Å². The van der Waals surface area contributed by atoms with E-state index in [0.717, 1.165) is 49.8 Å². The number of nitrogens with two attached hydrogens (primary N) is 1. The first kappa shape index (κ1) is 23.9. The molecule has 9 heteroatoms. The van der Waals surface area contributed by atoms with Crippen molar-refractivity contribution >= 4 is 35.2 Å². The van der Waals surface area contributed by atoms with Crippen molar-refractivity contribution in [1.29, 1.82) is 0 Å². The topological polar surface area (TPSA) is 139 Å². The average Bonchev–Trinajstić information content (AvgIpc) is 3.07. The van der Waals surface area contributed by atoms with Crippen LogP contribution in [-0.4, -0.2) is 47.0 Å². The fourth-order valence-corrected chi connectivity index (χ4v) is 5.52. The Hall–Kier alpha value is -3.23. The van der Waals surface area contributed by atoms with Gasteiger partial charge in [0.2, 0.25) is 17.7 Å². The average molecular weight is 469 g/mol. The van der Waals surface area contributed by atoms with Gasteiger partial charge in [0.05, 0.1) is 11.1 Å². The highest BCUT2D eigenvalue weighted by Crippen LogP contribution is 2.34. The van der Waals surface area contributed by atoms with Crippen LogP contribution in [0.1, 0.15) is 84.9 Å². The van der Waals surface area contributed by atoms with Crippen LogP contribution < -0.4 is 16.4 Å². The summed E-state index contributed by atoms with van der Waals surface area (Å²) in [5.74, 6) is -1.97. The number of hydrogen-bond acceptors (Lipinski definition) is 6. The van der Waals surface area contributed by atoms with Gasteiger partial charge in [0.1, 0.15) is 6.04 Å². The van der Waals surface area contributed by atoms with Gasteiger partial charge in [-0.15, -0.1) is 0 Å². The fourth-order valence-electron chi connectivity index (χ4n) is 5.52. The Bertz CT molecular complexity index is 1000. The van der Waals surface area contributed by atoms with Crippen molar-refractivity contribution in [3.8, 4) is 0 Å². The third-order valence-corrected chi connectivity index (χ3v) is 7.31. The standard InChI is InChI=1S/C25H32N4O5/c26-22(31)16(15-7-2-1-3-8-15)9-4-5-14-27-18-11-6-10-17-21(18)25(34)29(24(17)33)19-12-13-20(30)28-23(19)32/h6,10-11,15-16,19,27H,1-5,7-9,12-14H2,(H2,26,31)(H,28,30,32). The number of carbonyl (C=O) groups is 5. The van der Waals surface area contributed by atoms with Gasteiger partial charge in [-0.1, -0.05) is 31.7 Å². The molecule has 0 aromatic heterocycles. The zero-order valence-electron chi connectivity index (χ0n) is 19.3. The molecule has 2 fully saturated rings. The van der Waals surface area contributed by atoms with Crippen LogP contribution >= 0.6 is 0 Å². The summed E-state index contributed by atoms with van der Waals surface area (Å²) < 4.78 is 0. The van der Waals surface area contributed by atoms with Crippen molar-refractivity contribution in [2.24, 2.45) is 17.6 Å². The molecule has 1 aromatic rings. The molecular weight excluding hydrogens is 436 g/mol. The number of piperidine rings is 1. The molecule has 0 spiro atoms. The molecule has 2 atom stereocenters. The number of anilines is 1. The van der Waals surface area contributed by atoms with Crippen molar-refractivity contribution in [2.75, 3.05) is 11.9 Å². The number of nitrogens with zero attached hydrogens (tertiary/aromatic N) is 1. The molecule has 2 unspecified atom stereocenters. The first-order valence-electron chi connectivity index (χ1n) is 12.3. The lowest BCUT2D eigenvalue weighted by Crippen LogP contribution is -2.54. The number of benzene rings is 1. The summed E-state index contributed by atoms with van der Waals surface area (Å²) in [4.78, 5) is 62.7. The van der Waals surface area contributed by atoms with Crippen LogP contribution in [0, 0.1) is 11.8 Å². The molecule has 1 aliphatic carbocycles. The van der Waals surface area contributed by atoms with Crippen LogP contribution in [0.3, 0.4) is 0 Å². The van der Waals surface area contributed by atoms with Crippen molar-refractivity contribution < 1.29 is 24.0 Å². The van der Waals surface area contributed by atoms with E-state index in [4.69, 9.17) is 5.73 Å². The maximum absolute atomic E-state index is 13.1. The first-order chi connectivity index (χ1) is 16.4. The molecule has 4 N–H and O–H groups in total. The number of fused-ring (bicyclic) bond motifs is 1. The van der Waals surface area contributed by atoms with Crippen LogP contribution in [0.25, 0.3) is 0 Å². The van der Waals surface area contributed by atoms with Crippen LogP contribution in [-0.2, 0) is 14.4 Å². The Morgan fingerprint density at radius 2 is 1.82 bits per heavy atom. The van der Waals surface area contributed by atoms with Gasteiger partial charge in [0, 0.05) is 24.6 Å². The summed E-state index contributed by atoms with van der Waals surface area (Å²) in [6.07, 6.45) is 8.30. The Labute approximate surface area is 198 Å². The Morgan fingerprint density at radius 1 is 1.06 bits per heavy atom. The second kappa shape index (κ2) is 10.4. The molecule has 1 saturated heterocycles. The number of unbranched alkanes of at least 4 members (excludes halogenated alkanes) is 1. The lowest BCUT2D eigenvalue weighted by atomic mass is 9.77. The monoisotopic (exact) mass is 468 g/mol. The molecule has 1 saturated carbocycles. The van der Waals surface area contributed by atoms with E-state index >= 15 is 0 Å². The molecule has 0 bridgehead atoms. The van der Waals surface area contributed by atoms with E-state index in [1.54, 1.807) is 18.2 Å². The third kappa shape index (κ3) is 4.83. The number of hydrogen-bond donors (Lipinski definition) is 3. The molecule has 0 radical (unpaired) electrons. The van der Waals surface area contributed by atoms with Crippen LogP contribution in [0.4, 0.5) is 5.69 Å². The van der Waals surface area contributed by atoms with E-state index in [1.807, 2.05) is 0 Å². The van der Waals surface area contributed by atoms with Gasteiger partial charge in [-0.05, 0) is 50.2 Å². The summed E-state index contributed by atoms with van der Waals surface area (Å²) in [5.41, 5.74) is 6.74. The third-order valence-electron chi connectivity index (χ3n) is 7.31. The van der Waals surface area contributed by atoms with E-state index in [0.29, 0.717) is 18.2 Å². The zero-order valence-corrected chi connectivity index (χ0v) is 19.3. The predicted octanol–water partition coefficient (Wildman–Crippen LogP) is 2.35. The van der Waals surface area contributed by atoms with E-state index < -0.39 is 29.7 Å². The van der Waals surface area contributed by atoms with Crippen molar-refractivity contribution in [3.63, 3.8) is 0 Å². The van der Waals surface area contributed by atoms with E-state index in [1.165, 1.54) is 6.42 Å². The molecule has 5 amide bonds. The van der Waals surface area contributed by atoms with Crippen LogP contribution in [0.5, 0.6) is 0 Å². The maximum atomic E-state index is 13.1. The summed E-state index contributed by atoms with van der Waals surface area (Å²) in [7, 11) is 0. The lowest BCUT2D eigenvalue weighted by Gasteiger charge is -2.28. The molecule has 3 aliphatic rings. The van der Waals surface area contributed by atoms with Crippen LogP contribution in [0.15, 0.2) is 18.2 Å². The van der Waals surface area contributed by atoms with Gasteiger partial charge in [0.15, 0.2) is 0 Å². The van der Waals surface area contributed by atoms with Gasteiger partial charge < -0.3 is 11.1 Å². The minimum Gasteiger partial charge on any atom is -0.384 e. The Balaban J connectivity index is 1.35. The number of rotatable bonds is 9. The van der Waals surface area contributed by atoms with Gasteiger partial charge in [-0.2, -0.15) is 0 Å². The molecule has 2 heterocycles. The Kier molecular flexibility index (Phi) is 7.29. The summed E-state index contributed by atoms with van der Waals surface area (Å²) >= 11 is 0. The summed E-state index contributed by atoms with van der Waals surface area (Å²) in [6.45, 7) is 0.576. The highest BCUT2D eigenvalue weighted by molar-refractivity contribution is 6.25. The number of carbonyl (C=O) groups excluding carboxylic acids is 5. The molecule has 1 aromatic carbocycles. The second-order valence-electron chi connectivity index (χ2n) is 9.50. The second-order valence-corrected chi connectivity index (χ2v) is 9.50. The molecule has 182 valence electrons. The highest BCUT2D eigenvalue weighted by atomic mass is 16.2. The number of imide groups is 2. The smallest absolute Gasteiger partial charge is 0.264 e. The quantitative estimate of drug-likeness (QED) is 0.376. The van der Waals surface area contributed by atoms with E-state index in [9.17, 15) is 24.0 Å². The Morgan fingerprint density at radius 3 is 2.53 bits per heavy atom. The van der Waals surface area contributed by atoms with Crippen molar-refractivity contribution in [2.45, 2.75) is 70.3 Å².